The summed E-state index contributed by atoms with van der Waals surface area (Å²) in [6, 6.07) is 0. The zero-order chi connectivity index (χ0) is 13.2. The molecular weight excluding hydrogens is 216 g/mol. The lowest BCUT2D eigenvalue weighted by molar-refractivity contribution is 0.228. The third-order valence-corrected chi connectivity index (χ3v) is 2.53. The Bertz CT molecular complexity index is 415. The van der Waals surface area contributed by atoms with E-state index in [0.29, 0.717) is 18.1 Å². The average molecular weight is 238 g/mol. The fraction of sp³-hybridized carbons (Fsp3) is 0.667. The summed E-state index contributed by atoms with van der Waals surface area (Å²) >= 11 is 0. The van der Waals surface area contributed by atoms with Crippen molar-refractivity contribution in [3.63, 3.8) is 0 Å². The van der Waals surface area contributed by atoms with E-state index in [1.165, 1.54) is 0 Å². The third-order valence-electron chi connectivity index (χ3n) is 2.53. The molecule has 5 heteroatoms. The minimum absolute atomic E-state index is 0.00126. The standard InChI is InChI=1S/C12H22N4O/c1-8-9(10(13)14)11(16(5)15-8)17-7-6-12(2,3)4/h6-7H2,1-5H3,(H3,13,14). The van der Waals surface area contributed by atoms with Gasteiger partial charge in [0, 0.05) is 7.05 Å². The fourth-order valence-electron chi connectivity index (χ4n) is 1.57. The molecule has 0 aliphatic carbocycles. The van der Waals surface area contributed by atoms with E-state index in [-0.39, 0.29) is 11.3 Å². The third kappa shape index (κ3) is 3.47. The maximum absolute atomic E-state index is 7.53. The first-order valence-electron chi connectivity index (χ1n) is 5.73. The Labute approximate surface area is 102 Å². The van der Waals surface area contributed by atoms with Crippen molar-refractivity contribution in [2.75, 3.05) is 6.61 Å². The molecule has 0 spiro atoms. The van der Waals surface area contributed by atoms with Gasteiger partial charge in [0.05, 0.1) is 12.3 Å². The molecule has 0 saturated heterocycles. The molecule has 1 aromatic heterocycles. The van der Waals surface area contributed by atoms with Crippen LogP contribution in [0.2, 0.25) is 0 Å². The number of nitrogens with one attached hydrogen (secondary N) is 1. The Morgan fingerprint density at radius 3 is 2.53 bits per heavy atom. The van der Waals surface area contributed by atoms with Crippen molar-refractivity contribution < 1.29 is 4.74 Å². The lowest BCUT2D eigenvalue weighted by Crippen LogP contribution is -2.16. The molecule has 0 amide bonds. The Morgan fingerprint density at radius 1 is 1.47 bits per heavy atom. The van der Waals surface area contributed by atoms with Crippen LogP contribution >= 0.6 is 0 Å². The average Bonchev–Trinajstić information content (AvgIpc) is 2.39. The van der Waals surface area contributed by atoms with Gasteiger partial charge in [-0.05, 0) is 18.8 Å². The number of nitrogen functional groups attached to an aromatic ring is 1. The van der Waals surface area contributed by atoms with Crippen LogP contribution < -0.4 is 10.5 Å². The highest BCUT2D eigenvalue weighted by molar-refractivity contribution is 5.98. The molecule has 3 N–H and O–H groups in total. The van der Waals surface area contributed by atoms with Gasteiger partial charge in [0.1, 0.15) is 11.4 Å². The molecule has 5 nitrogen and oxygen atoms in total. The zero-order valence-electron chi connectivity index (χ0n) is 11.3. The van der Waals surface area contributed by atoms with Crippen LogP contribution in [0.3, 0.4) is 0 Å². The van der Waals surface area contributed by atoms with Crippen LogP contribution in [-0.2, 0) is 7.05 Å². The van der Waals surface area contributed by atoms with Gasteiger partial charge in [-0.2, -0.15) is 5.10 Å². The van der Waals surface area contributed by atoms with E-state index in [4.69, 9.17) is 15.9 Å². The van der Waals surface area contributed by atoms with E-state index in [0.717, 1.165) is 12.1 Å². The number of nitrogens with two attached hydrogens (primary N) is 1. The first-order valence-corrected chi connectivity index (χ1v) is 5.73. The van der Waals surface area contributed by atoms with Gasteiger partial charge in [0.15, 0.2) is 0 Å². The predicted molar refractivity (Wildman–Crippen MR) is 68.5 cm³/mol. The molecule has 0 bridgehead atoms. The summed E-state index contributed by atoms with van der Waals surface area (Å²) in [5.41, 5.74) is 7.09. The van der Waals surface area contributed by atoms with Crippen LogP contribution in [0.15, 0.2) is 0 Å². The molecule has 0 aliphatic heterocycles. The summed E-state index contributed by atoms with van der Waals surface area (Å²) in [6.45, 7) is 8.92. The molecule has 0 aromatic carbocycles. The van der Waals surface area contributed by atoms with Crippen molar-refractivity contribution in [2.24, 2.45) is 18.2 Å². The van der Waals surface area contributed by atoms with Crippen molar-refractivity contribution in [1.82, 2.24) is 9.78 Å². The van der Waals surface area contributed by atoms with E-state index in [2.05, 4.69) is 25.9 Å². The number of ether oxygens (including phenoxy) is 1. The second-order valence-electron chi connectivity index (χ2n) is 5.46. The van der Waals surface area contributed by atoms with Crippen molar-refractivity contribution in [3.05, 3.63) is 11.3 Å². The summed E-state index contributed by atoms with van der Waals surface area (Å²) in [5.74, 6) is 0.584. The number of hydrogen-bond acceptors (Lipinski definition) is 3. The maximum Gasteiger partial charge on any atom is 0.223 e. The van der Waals surface area contributed by atoms with E-state index in [1.54, 1.807) is 11.7 Å². The Morgan fingerprint density at radius 2 is 2.06 bits per heavy atom. The number of rotatable bonds is 4. The minimum Gasteiger partial charge on any atom is -0.477 e. The molecule has 0 saturated carbocycles. The zero-order valence-corrected chi connectivity index (χ0v) is 11.3. The van der Waals surface area contributed by atoms with Crippen LogP contribution in [0, 0.1) is 17.7 Å². The monoisotopic (exact) mass is 238 g/mol. The SMILES string of the molecule is Cc1nn(C)c(OCCC(C)(C)C)c1C(=N)N. The smallest absolute Gasteiger partial charge is 0.223 e. The van der Waals surface area contributed by atoms with Gasteiger partial charge in [-0.25, -0.2) is 4.68 Å². The number of hydrogen-bond donors (Lipinski definition) is 2. The lowest BCUT2D eigenvalue weighted by Gasteiger charge is -2.18. The summed E-state index contributed by atoms with van der Waals surface area (Å²) in [5, 5.41) is 11.8. The number of aryl methyl sites for hydroxylation is 2. The summed E-state index contributed by atoms with van der Waals surface area (Å²) in [7, 11) is 1.80. The number of aromatic nitrogens is 2. The van der Waals surface area contributed by atoms with Gasteiger partial charge in [-0.3, -0.25) is 5.41 Å². The lowest BCUT2D eigenvalue weighted by atomic mass is 9.93. The minimum atomic E-state index is 0.00126. The molecule has 1 aromatic rings. The molecular formula is C12H22N4O. The molecule has 1 rings (SSSR count). The quantitative estimate of drug-likeness (QED) is 0.620. The van der Waals surface area contributed by atoms with Crippen LogP contribution in [0.1, 0.15) is 38.4 Å². The normalized spacial score (nSPS) is 11.6. The summed E-state index contributed by atoms with van der Waals surface area (Å²) in [4.78, 5) is 0. The van der Waals surface area contributed by atoms with Gasteiger partial charge in [-0.15, -0.1) is 0 Å². The largest absolute Gasteiger partial charge is 0.477 e. The highest BCUT2D eigenvalue weighted by Crippen LogP contribution is 2.23. The van der Waals surface area contributed by atoms with Crippen LogP contribution in [0.25, 0.3) is 0 Å². The topological polar surface area (TPSA) is 76.9 Å². The van der Waals surface area contributed by atoms with Gasteiger partial charge in [0.25, 0.3) is 0 Å². The van der Waals surface area contributed by atoms with E-state index >= 15 is 0 Å². The molecule has 96 valence electrons. The second-order valence-corrected chi connectivity index (χ2v) is 5.46. The number of amidine groups is 1. The highest BCUT2D eigenvalue weighted by atomic mass is 16.5. The second kappa shape index (κ2) is 4.77. The summed E-state index contributed by atoms with van der Waals surface area (Å²) in [6.07, 6.45) is 0.939. The molecule has 0 radical (unpaired) electrons. The Hall–Kier alpha value is -1.52. The van der Waals surface area contributed by atoms with Gasteiger partial charge in [-0.1, -0.05) is 20.8 Å². The molecule has 0 aliphatic rings. The van der Waals surface area contributed by atoms with Crippen LogP contribution in [0.5, 0.6) is 5.88 Å². The van der Waals surface area contributed by atoms with E-state index in [9.17, 15) is 0 Å². The van der Waals surface area contributed by atoms with Gasteiger partial charge >= 0.3 is 0 Å². The Kier molecular flexibility index (Phi) is 3.80. The van der Waals surface area contributed by atoms with E-state index < -0.39 is 0 Å². The van der Waals surface area contributed by atoms with Gasteiger partial charge < -0.3 is 10.5 Å². The van der Waals surface area contributed by atoms with E-state index in [1.807, 2.05) is 6.92 Å². The maximum atomic E-state index is 7.53. The van der Waals surface area contributed by atoms with Crippen molar-refractivity contribution in [1.29, 1.82) is 5.41 Å². The van der Waals surface area contributed by atoms with Crippen LogP contribution in [0.4, 0.5) is 0 Å². The van der Waals surface area contributed by atoms with Crippen molar-refractivity contribution in [3.8, 4) is 5.88 Å². The molecule has 0 fully saturated rings. The number of nitrogens with zero attached hydrogens (tertiary/aromatic N) is 2. The Balaban J connectivity index is 2.80. The highest BCUT2D eigenvalue weighted by Gasteiger charge is 2.18. The van der Waals surface area contributed by atoms with Gasteiger partial charge in [0.2, 0.25) is 5.88 Å². The molecule has 1 heterocycles. The van der Waals surface area contributed by atoms with Crippen LogP contribution in [-0.4, -0.2) is 22.2 Å². The van der Waals surface area contributed by atoms with Crippen molar-refractivity contribution in [2.45, 2.75) is 34.1 Å². The van der Waals surface area contributed by atoms with Crippen molar-refractivity contribution >= 4 is 5.84 Å². The first kappa shape index (κ1) is 13.5. The first-order chi connectivity index (χ1) is 7.72. The molecule has 0 atom stereocenters. The fourth-order valence-corrected chi connectivity index (χ4v) is 1.57. The molecule has 17 heavy (non-hydrogen) atoms. The predicted octanol–water partition coefficient (Wildman–Crippen LogP) is 1.83. The summed E-state index contributed by atoms with van der Waals surface area (Å²) < 4.78 is 7.34. The molecule has 0 unspecified atom stereocenters.